The Labute approximate surface area is 111 Å². The summed E-state index contributed by atoms with van der Waals surface area (Å²) >= 11 is 0. The van der Waals surface area contributed by atoms with Gasteiger partial charge in [0.25, 0.3) is 0 Å². The topological polar surface area (TPSA) is 35.5 Å². The molecule has 1 heterocycles. The summed E-state index contributed by atoms with van der Waals surface area (Å²) in [5, 5.41) is 0. The first kappa shape index (κ1) is 11.8. The molecule has 3 nitrogen and oxygen atoms in total. The fourth-order valence-corrected chi connectivity index (χ4v) is 2.29. The highest BCUT2D eigenvalue weighted by Crippen LogP contribution is 2.36. The third-order valence-electron chi connectivity index (χ3n) is 3.25. The van der Waals surface area contributed by atoms with Gasteiger partial charge in [0.15, 0.2) is 0 Å². The van der Waals surface area contributed by atoms with Crippen LogP contribution in [0.4, 0.5) is 4.79 Å². The molecule has 2 atom stereocenters. The molecule has 0 bridgehead atoms. The molecular formula is C16H14O3. The summed E-state index contributed by atoms with van der Waals surface area (Å²) in [4.78, 5) is 11.6. The average Bonchev–Trinajstić information content (AvgIpc) is 2.48. The molecule has 0 N–H and O–H groups in total. The molecule has 2 aromatic carbocycles. The monoisotopic (exact) mass is 254 g/mol. The standard InChI is InChI=1S/C16H14O3/c17-16-18-14(12-7-3-1-4-8-12)11-15(19-16)13-9-5-2-6-10-13/h1-10,14-15H,11H2. The SMILES string of the molecule is O=C1OC(c2ccccc2)CC(c2ccccc2)O1. The second-order valence-electron chi connectivity index (χ2n) is 4.52. The van der Waals surface area contributed by atoms with Crippen molar-refractivity contribution in [2.75, 3.05) is 0 Å². The Bertz CT molecular complexity index is 501. The van der Waals surface area contributed by atoms with Crippen molar-refractivity contribution in [1.29, 1.82) is 0 Å². The van der Waals surface area contributed by atoms with Gasteiger partial charge in [0.1, 0.15) is 12.2 Å². The molecule has 96 valence electrons. The molecule has 3 heteroatoms. The molecule has 1 fully saturated rings. The van der Waals surface area contributed by atoms with Crippen LogP contribution in [-0.4, -0.2) is 6.16 Å². The van der Waals surface area contributed by atoms with Gasteiger partial charge >= 0.3 is 6.16 Å². The minimum absolute atomic E-state index is 0.243. The summed E-state index contributed by atoms with van der Waals surface area (Å²) in [6.07, 6.45) is -0.450. The predicted octanol–water partition coefficient (Wildman–Crippen LogP) is 4.03. The fraction of sp³-hybridized carbons (Fsp3) is 0.188. The van der Waals surface area contributed by atoms with E-state index in [1.807, 2.05) is 60.7 Å². The number of hydrogen-bond acceptors (Lipinski definition) is 3. The summed E-state index contributed by atoms with van der Waals surface area (Å²) in [5.41, 5.74) is 2.00. The van der Waals surface area contributed by atoms with Crippen LogP contribution >= 0.6 is 0 Å². The smallest absolute Gasteiger partial charge is 0.426 e. The van der Waals surface area contributed by atoms with E-state index in [9.17, 15) is 4.79 Å². The molecule has 1 aliphatic rings. The zero-order chi connectivity index (χ0) is 13.1. The molecule has 0 saturated carbocycles. The molecule has 0 aromatic heterocycles. The van der Waals surface area contributed by atoms with Crippen molar-refractivity contribution in [3.05, 3.63) is 71.8 Å². The van der Waals surface area contributed by atoms with E-state index in [1.165, 1.54) is 0 Å². The highest BCUT2D eigenvalue weighted by atomic mass is 16.7. The highest BCUT2D eigenvalue weighted by molar-refractivity contribution is 5.62. The van der Waals surface area contributed by atoms with E-state index < -0.39 is 6.16 Å². The molecule has 2 aromatic rings. The predicted molar refractivity (Wildman–Crippen MR) is 70.5 cm³/mol. The van der Waals surface area contributed by atoms with Crippen molar-refractivity contribution in [2.24, 2.45) is 0 Å². The van der Waals surface area contributed by atoms with Gasteiger partial charge in [-0.2, -0.15) is 0 Å². The number of cyclic esters (lactones) is 2. The van der Waals surface area contributed by atoms with Crippen LogP contribution in [0.15, 0.2) is 60.7 Å². The molecule has 19 heavy (non-hydrogen) atoms. The van der Waals surface area contributed by atoms with Crippen LogP contribution in [0.5, 0.6) is 0 Å². The average molecular weight is 254 g/mol. The zero-order valence-corrected chi connectivity index (χ0v) is 10.4. The van der Waals surface area contributed by atoms with Crippen LogP contribution in [0.1, 0.15) is 29.8 Å². The lowest BCUT2D eigenvalue weighted by Crippen LogP contribution is -2.24. The molecule has 1 aliphatic heterocycles. The van der Waals surface area contributed by atoms with Crippen molar-refractivity contribution in [3.63, 3.8) is 0 Å². The summed E-state index contributed by atoms with van der Waals surface area (Å²) in [5.74, 6) is 0. The summed E-state index contributed by atoms with van der Waals surface area (Å²) in [7, 11) is 0. The Morgan fingerprint density at radius 2 is 1.16 bits per heavy atom. The Balaban J connectivity index is 1.84. The van der Waals surface area contributed by atoms with Gasteiger partial charge in [0, 0.05) is 6.42 Å². The summed E-state index contributed by atoms with van der Waals surface area (Å²) < 4.78 is 10.5. The first-order valence-electron chi connectivity index (χ1n) is 6.30. The molecule has 2 unspecified atom stereocenters. The minimum atomic E-state index is -0.603. The van der Waals surface area contributed by atoms with Crippen molar-refractivity contribution in [2.45, 2.75) is 18.6 Å². The number of carbonyl (C=O) groups is 1. The Morgan fingerprint density at radius 3 is 1.58 bits per heavy atom. The number of hydrogen-bond donors (Lipinski definition) is 0. The van der Waals surface area contributed by atoms with E-state index >= 15 is 0 Å². The Morgan fingerprint density at radius 1 is 0.737 bits per heavy atom. The van der Waals surface area contributed by atoms with Crippen LogP contribution < -0.4 is 0 Å². The van der Waals surface area contributed by atoms with Crippen LogP contribution in [0.25, 0.3) is 0 Å². The molecular weight excluding hydrogens is 240 g/mol. The third-order valence-corrected chi connectivity index (χ3v) is 3.25. The molecule has 1 saturated heterocycles. The zero-order valence-electron chi connectivity index (χ0n) is 10.4. The van der Waals surface area contributed by atoms with Crippen LogP contribution in [0, 0.1) is 0 Å². The third kappa shape index (κ3) is 2.60. The lowest BCUT2D eigenvalue weighted by atomic mass is 9.98. The normalized spacial score (nSPS) is 22.4. The molecule has 0 spiro atoms. The number of benzene rings is 2. The van der Waals surface area contributed by atoms with Gasteiger partial charge in [-0.3, -0.25) is 0 Å². The van der Waals surface area contributed by atoms with Gasteiger partial charge < -0.3 is 9.47 Å². The van der Waals surface area contributed by atoms with Gasteiger partial charge in [-0.25, -0.2) is 4.79 Å². The number of rotatable bonds is 2. The van der Waals surface area contributed by atoms with Gasteiger partial charge in [0.2, 0.25) is 0 Å². The molecule has 0 radical (unpaired) electrons. The maximum absolute atomic E-state index is 11.6. The Hall–Kier alpha value is -2.29. The second kappa shape index (κ2) is 5.14. The number of ether oxygens (including phenoxy) is 2. The fourth-order valence-electron chi connectivity index (χ4n) is 2.29. The lowest BCUT2D eigenvalue weighted by Gasteiger charge is -2.29. The van der Waals surface area contributed by atoms with E-state index in [-0.39, 0.29) is 12.2 Å². The van der Waals surface area contributed by atoms with E-state index in [0.717, 1.165) is 11.1 Å². The summed E-state index contributed by atoms with van der Waals surface area (Å²) in [6.45, 7) is 0. The van der Waals surface area contributed by atoms with Crippen LogP contribution in [-0.2, 0) is 9.47 Å². The van der Waals surface area contributed by atoms with Crippen molar-refractivity contribution < 1.29 is 14.3 Å². The van der Waals surface area contributed by atoms with Crippen molar-refractivity contribution in [3.8, 4) is 0 Å². The van der Waals surface area contributed by atoms with Gasteiger partial charge in [-0.1, -0.05) is 60.7 Å². The highest BCUT2D eigenvalue weighted by Gasteiger charge is 2.31. The van der Waals surface area contributed by atoms with Gasteiger partial charge in [-0.05, 0) is 11.1 Å². The maximum Gasteiger partial charge on any atom is 0.509 e. The van der Waals surface area contributed by atoms with E-state index in [4.69, 9.17) is 9.47 Å². The second-order valence-corrected chi connectivity index (χ2v) is 4.52. The van der Waals surface area contributed by atoms with Crippen molar-refractivity contribution >= 4 is 6.16 Å². The first-order chi connectivity index (χ1) is 9.33. The minimum Gasteiger partial charge on any atom is -0.426 e. The van der Waals surface area contributed by atoms with Gasteiger partial charge in [0.05, 0.1) is 0 Å². The lowest BCUT2D eigenvalue weighted by molar-refractivity contribution is -0.0626. The van der Waals surface area contributed by atoms with Crippen molar-refractivity contribution in [1.82, 2.24) is 0 Å². The largest absolute Gasteiger partial charge is 0.509 e. The number of carbonyl (C=O) groups excluding carboxylic acids is 1. The first-order valence-corrected chi connectivity index (χ1v) is 6.30. The van der Waals surface area contributed by atoms with E-state index in [0.29, 0.717) is 6.42 Å². The maximum atomic E-state index is 11.6. The van der Waals surface area contributed by atoms with Crippen LogP contribution in [0.2, 0.25) is 0 Å². The Kier molecular flexibility index (Phi) is 3.19. The van der Waals surface area contributed by atoms with Gasteiger partial charge in [-0.15, -0.1) is 0 Å². The van der Waals surface area contributed by atoms with E-state index in [1.54, 1.807) is 0 Å². The van der Waals surface area contributed by atoms with Crippen LogP contribution in [0.3, 0.4) is 0 Å². The summed E-state index contributed by atoms with van der Waals surface area (Å²) in [6, 6.07) is 19.5. The molecule has 3 rings (SSSR count). The quantitative estimate of drug-likeness (QED) is 0.759. The molecule has 0 amide bonds. The molecule has 0 aliphatic carbocycles. The van der Waals surface area contributed by atoms with E-state index in [2.05, 4.69) is 0 Å².